The van der Waals surface area contributed by atoms with Gasteiger partial charge in [-0.1, -0.05) is 36.7 Å². The summed E-state index contributed by atoms with van der Waals surface area (Å²) in [6, 6.07) is 14.2. The van der Waals surface area contributed by atoms with Crippen LogP contribution in [-0.2, 0) is 0 Å². The van der Waals surface area contributed by atoms with Crippen LogP contribution in [0.5, 0.6) is 5.75 Å². The molecule has 0 amide bonds. The number of hydrogen-bond acceptors (Lipinski definition) is 3. The van der Waals surface area contributed by atoms with Gasteiger partial charge < -0.3 is 10.1 Å². The van der Waals surface area contributed by atoms with Crippen LogP contribution in [0.3, 0.4) is 0 Å². The van der Waals surface area contributed by atoms with Gasteiger partial charge in [-0.25, -0.2) is 0 Å². The fourth-order valence-electron chi connectivity index (χ4n) is 2.43. The molecule has 1 atom stereocenters. The van der Waals surface area contributed by atoms with Gasteiger partial charge in [-0.2, -0.15) is 0 Å². The molecule has 0 saturated carbocycles. The van der Waals surface area contributed by atoms with E-state index < -0.39 is 0 Å². The van der Waals surface area contributed by atoms with E-state index in [1.165, 1.54) is 10.5 Å². The summed E-state index contributed by atoms with van der Waals surface area (Å²) >= 11 is 7.94. The molecule has 0 aromatic heterocycles. The zero-order valence-electron chi connectivity index (χ0n) is 12.5. The predicted octanol–water partition coefficient (Wildman–Crippen LogP) is 4.77. The van der Waals surface area contributed by atoms with E-state index in [1.807, 2.05) is 18.2 Å². The molecule has 2 rings (SSSR count). The van der Waals surface area contributed by atoms with Gasteiger partial charge in [0.2, 0.25) is 0 Å². The highest BCUT2D eigenvalue weighted by atomic mass is 35.5. The van der Waals surface area contributed by atoms with Crippen LogP contribution in [0.2, 0.25) is 5.02 Å². The normalized spacial score (nSPS) is 12.2. The molecular weight excluding hydrogens is 302 g/mol. The number of halogens is 1. The standard InChI is InChI=1S/C17H20ClNOS/c1-4-19-17(13-7-5-6-8-16(13)21-3)14-11-12(18)9-10-15(14)20-2/h5-11,17,19H,4H2,1-3H3. The number of nitrogens with one attached hydrogen (secondary N) is 1. The molecule has 0 heterocycles. The first-order valence-corrected chi connectivity index (χ1v) is 8.51. The molecule has 0 aliphatic carbocycles. The van der Waals surface area contributed by atoms with Gasteiger partial charge in [0.15, 0.2) is 0 Å². The van der Waals surface area contributed by atoms with Gasteiger partial charge in [-0.15, -0.1) is 11.8 Å². The largest absolute Gasteiger partial charge is 0.496 e. The second-order valence-corrected chi connectivity index (χ2v) is 5.90. The molecule has 0 spiro atoms. The lowest BCUT2D eigenvalue weighted by molar-refractivity contribution is 0.404. The number of hydrogen-bond donors (Lipinski definition) is 1. The van der Waals surface area contributed by atoms with Crippen LogP contribution < -0.4 is 10.1 Å². The van der Waals surface area contributed by atoms with Gasteiger partial charge >= 0.3 is 0 Å². The second-order valence-electron chi connectivity index (χ2n) is 4.62. The van der Waals surface area contributed by atoms with Crippen molar-refractivity contribution in [3.8, 4) is 5.75 Å². The monoisotopic (exact) mass is 321 g/mol. The van der Waals surface area contributed by atoms with Gasteiger partial charge in [0.05, 0.1) is 13.2 Å². The van der Waals surface area contributed by atoms with E-state index in [4.69, 9.17) is 16.3 Å². The molecule has 21 heavy (non-hydrogen) atoms. The molecule has 2 aromatic rings. The molecule has 2 aromatic carbocycles. The van der Waals surface area contributed by atoms with E-state index >= 15 is 0 Å². The van der Waals surface area contributed by atoms with Crippen LogP contribution in [0.1, 0.15) is 24.1 Å². The Balaban J connectivity index is 2.55. The van der Waals surface area contributed by atoms with E-state index in [-0.39, 0.29) is 6.04 Å². The maximum absolute atomic E-state index is 6.19. The van der Waals surface area contributed by atoms with Crippen molar-refractivity contribution in [3.63, 3.8) is 0 Å². The Kier molecular flexibility index (Phi) is 5.97. The van der Waals surface area contributed by atoms with Crippen molar-refractivity contribution in [2.24, 2.45) is 0 Å². The Bertz CT molecular complexity index is 603. The highest BCUT2D eigenvalue weighted by Gasteiger charge is 2.20. The third-order valence-electron chi connectivity index (χ3n) is 3.36. The first-order valence-electron chi connectivity index (χ1n) is 6.91. The molecule has 112 valence electrons. The van der Waals surface area contributed by atoms with Crippen LogP contribution in [0.4, 0.5) is 0 Å². The van der Waals surface area contributed by atoms with Gasteiger partial charge in [0.25, 0.3) is 0 Å². The lowest BCUT2D eigenvalue weighted by Crippen LogP contribution is -2.23. The predicted molar refractivity (Wildman–Crippen MR) is 91.7 cm³/mol. The number of benzene rings is 2. The SMILES string of the molecule is CCNC(c1cc(Cl)ccc1OC)c1ccccc1SC. The summed E-state index contributed by atoms with van der Waals surface area (Å²) in [6.07, 6.45) is 2.09. The van der Waals surface area contributed by atoms with E-state index in [2.05, 4.69) is 42.8 Å². The molecular formula is C17H20ClNOS. The third-order valence-corrected chi connectivity index (χ3v) is 4.41. The first-order chi connectivity index (χ1) is 10.2. The molecule has 0 fully saturated rings. The fraction of sp³-hybridized carbons (Fsp3) is 0.294. The lowest BCUT2D eigenvalue weighted by Gasteiger charge is -2.23. The minimum atomic E-state index is 0.0623. The average Bonchev–Trinajstić information content (AvgIpc) is 2.52. The van der Waals surface area contributed by atoms with Gasteiger partial charge in [-0.05, 0) is 42.6 Å². The van der Waals surface area contributed by atoms with Crippen LogP contribution in [0.25, 0.3) is 0 Å². The maximum Gasteiger partial charge on any atom is 0.124 e. The summed E-state index contributed by atoms with van der Waals surface area (Å²) in [4.78, 5) is 1.26. The summed E-state index contributed by atoms with van der Waals surface area (Å²) in [6.45, 7) is 2.97. The fourth-order valence-corrected chi connectivity index (χ4v) is 3.24. The van der Waals surface area contributed by atoms with Crippen molar-refractivity contribution in [3.05, 3.63) is 58.6 Å². The van der Waals surface area contributed by atoms with Crippen molar-refractivity contribution >= 4 is 23.4 Å². The number of rotatable bonds is 6. The van der Waals surface area contributed by atoms with E-state index in [0.717, 1.165) is 22.9 Å². The highest BCUT2D eigenvalue weighted by Crippen LogP contribution is 2.35. The van der Waals surface area contributed by atoms with Crippen molar-refractivity contribution < 1.29 is 4.74 Å². The molecule has 0 radical (unpaired) electrons. The minimum absolute atomic E-state index is 0.0623. The summed E-state index contributed by atoms with van der Waals surface area (Å²) < 4.78 is 5.52. The van der Waals surface area contributed by atoms with Crippen molar-refractivity contribution in [1.82, 2.24) is 5.32 Å². The van der Waals surface area contributed by atoms with Crippen LogP contribution in [0, 0.1) is 0 Å². The Morgan fingerprint density at radius 2 is 1.95 bits per heavy atom. The zero-order chi connectivity index (χ0) is 15.2. The van der Waals surface area contributed by atoms with Crippen molar-refractivity contribution in [2.45, 2.75) is 17.9 Å². The molecule has 0 saturated heterocycles. The molecule has 1 unspecified atom stereocenters. The quantitative estimate of drug-likeness (QED) is 0.774. The summed E-state index contributed by atoms with van der Waals surface area (Å²) in [7, 11) is 1.69. The Morgan fingerprint density at radius 3 is 2.62 bits per heavy atom. The second kappa shape index (κ2) is 7.74. The van der Waals surface area contributed by atoms with Crippen molar-refractivity contribution in [2.75, 3.05) is 19.9 Å². The summed E-state index contributed by atoms with van der Waals surface area (Å²) in [5.74, 6) is 0.848. The summed E-state index contributed by atoms with van der Waals surface area (Å²) in [5, 5.41) is 4.26. The Morgan fingerprint density at radius 1 is 1.19 bits per heavy atom. The van der Waals surface area contributed by atoms with Crippen LogP contribution >= 0.6 is 23.4 Å². The van der Waals surface area contributed by atoms with Gasteiger partial charge in [0, 0.05) is 15.5 Å². The van der Waals surface area contributed by atoms with E-state index in [9.17, 15) is 0 Å². The molecule has 1 N–H and O–H groups in total. The Hall–Kier alpha value is -1.16. The zero-order valence-corrected chi connectivity index (χ0v) is 14.1. The molecule has 0 aliphatic heterocycles. The minimum Gasteiger partial charge on any atom is -0.496 e. The van der Waals surface area contributed by atoms with Gasteiger partial charge in [-0.3, -0.25) is 0 Å². The Labute approximate surface area is 135 Å². The summed E-state index contributed by atoms with van der Waals surface area (Å²) in [5.41, 5.74) is 2.31. The molecule has 4 heteroatoms. The smallest absolute Gasteiger partial charge is 0.124 e. The third kappa shape index (κ3) is 3.73. The van der Waals surface area contributed by atoms with E-state index in [1.54, 1.807) is 18.9 Å². The van der Waals surface area contributed by atoms with E-state index in [0.29, 0.717) is 0 Å². The van der Waals surface area contributed by atoms with Crippen LogP contribution in [-0.4, -0.2) is 19.9 Å². The maximum atomic E-state index is 6.19. The molecule has 0 aliphatic rings. The molecule has 0 bridgehead atoms. The van der Waals surface area contributed by atoms with Gasteiger partial charge in [0.1, 0.15) is 5.75 Å². The number of ether oxygens (including phenoxy) is 1. The lowest BCUT2D eigenvalue weighted by atomic mass is 9.97. The molecule has 2 nitrogen and oxygen atoms in total. The van der Waals surface area contributed by atoms with Crippen molar-refractivity contribution in [1.29, 1.82) is 0 Å². The average molecular weight is 322 g/mol. The first kappa shape index (κ1) is 16.2. The number of methoxy groups -OCH3 is 1. The topological polar surface area (TPSA) is 21.3 Å². The number of thioether (sulfide) groups is 1. The van der Waals surface area contributed by atoms with Crippen LogP contribution in [0.15, 0.2) is 47.4 Å². The highest BCUT2D eigenvalue weighted by molar-refractivity contribution is 7.98.